The first-order valence-electron chi connectivity index (χ1n) is 11.5. The van der Waals surface area contributed by atoms with Crippen molar-refractivity contribution >= 4 is 0 Å². The molecule has 0 atom stereocenters. The third kappa shape index (κ3) is 8.91. The molecule has 0 saturated heterocycles. The average Bonchev–Trinajstić information content (AvgIpc) is 2.79. The fourth-order valence-corrected chi connectivity index (χ4v) is 3.93. The Kier molecular flexibility index (Phi) is 9.93. The Morgan fingerprint density at radius 3 is 2.10 bits per heavy atom. The van der Waals surface area contributed by atoms with E-state index in [9.17, 15) is 0 Å². The highest BCUT2D eigenvalue weighted by molar-refractivity contribution is 5.31. The number of ether oxygens (including phenoxy) is 2. The zero-order valence-electron chi connectivity index (χ0n) is 17.8. The Morgan fingerprint density at radius 2 is 1.34 bits per heavy atom. The van der Waals surface area contributed by atoms with Crippen LogP contribution in [0.25, 0.3) is 0 Å². The van der Waals surface area contributed by atoms with E-state index in [0.717, 1.165) is 30.6 Å². The Morgan fingerprint density at radius 1 is 0.690 bits per heavy atom. The van der Waals surface area contributed by atoms with Crippen molar-refractivity contribution in [3.8, 4) is 11.5 Å². The van der Waals surface area contributed by atoms with Gasteiger partial charge >= 0.3 is 0 Å². The lowest BCUT2D eigenvalue weighted by atomic mass is 9.95. The maximum atomic E-state index is 5.86. The van der Waals surface area contributed by atoms with Crippen LogP contribution in [0.3, 0.4) is 0 Å². The van der Waals surface area contributed by atoms with E-state index in [1.807, 2.05) is 42.5 Å². The quantitative estimate of drug-likeness (QED) is 0.392. The van der Waals surface area contributed by atoms with E-state index >= 15 is 0 Å². The maximum Gasteiger partial charge on any atom is 0.120 e. The van der Waals surface area contributed by atoms with Crippen LogP contribution in [0, 0.1) is 0 Å². The summed E-state index contributed by atoms with van der Waals surface area (Å²) in [4.78, 5) is 0. The van der Waals surface area contributed by atoms with Crippen LogP contribution in [-0.4, -0.2) is 19.2 Å². The van der Waals surface area contributed by atoms with Crippen LogP contribution in [0.15, 0.2) is 54.6 Å². The predicted molar refractivity (Wildman–Crippen MR) is 121 cm³/mol. The van der Waals surface area contributed by atoms with Gasteiger partial charge in [0.25, 0.3) is 0 Å². The van der Waals surface area contributed by atoms with Crippen molar-refractivity contribution < 1.29 is 9.47 Å². The molecule has 2 aromatic carbocycles. The van der Waals surface area contributed by atoms with Crippen molar-refractivity contribution in [2.75, 3.05) is 13.2 Å². The largest absolute Gasteiger partial charge is 0.494 e. The second-order valence-electron chi connectivity index (χ2n) is 8.15. The van der Waals surface area contributed by atoms with Gasteiger partial charge in [-0.05, 0) is 62.1 Å². The van der Waals surface area contributed by atoms with Gasteiger partial charge < -0.3 is 14.8 Å². The van der Waals surface area contributed by atoms with E-state index in [0.29, 0.717) is 6.61 Å². The van der Waals surface area contributed by atoms with Crippen molar-refractivity contribution in [1.29, 1.82) is 0 Å². The van der Waals surface area contributed by atoms with Gasteiger partial charge in [0.05, 0.1) is 6.61 Å². The van der Waals surface area contributed by atoms with Gasteiger partial charge in [0.1, 0.15) is 18.1 Å². The molecule has 1 saturated carbocycles. The van der Waals surface area contributed by atoms with Crippen molar-refractivity contribution in [2.24, 2.45) is 0 Å². The summed E-state index contributed by atoms with van der Waals surface area (Å²) in [7, 11) is 0. The van der Waals surface area contributed by atoms with Gasteiger partial charge in [-0.2, -0.15) is 0 Å². The van der Waals surface area contributed by atoms with E-state index in [-0.39, 0.29) is 0 Å². The third-order valence-corrected chi connectivity index (χ3v) is 5.70. The minimum atomic E-state index is 0.594. The van der Waals surface area contributed by atoms with Crippen LogP contribution in [0.5, 0.6) is 11.5 Å². The molecule has 1 aliphatic rings. The van der Waals surface area contributed by atoms with Gasteiger partial charge in [0, 0.05) is 6.04 Å². The molecule has 158 valence electrons. The molecule has 29 heavy (non-hydrogen) atoms. The van der Waals surface area contributed by atoms with Crippen LogP contribution in [-0.2, 0) is 6.61 Å². The molecule has 0 bridgehead atoms. The van der Waals surface area contributed by atoms with Crippen molar-refractivity contribution in [3.05, 3.63) is 60.2 Å². The molecule has 0 aliphatic heterocycles. The van der Waals surface area contributed by atoms with E-state index < -0.39 is 0 Å². The number of hydrogen-bond donors (Lipinski definition) is 1. The summed E-state index contributed by atoms with van der Waals surface area (Å²) in [5, 5.41) is 3.73. The Balaban J connectivity index is 1.17. The van der Waals surface area contributed by atoms with Crippen LogP contribution >= 0.6 is 0 Å². The zero-order valence-corrected chi connectivity index (χ0v) is 17.8. The van der Waals surface area contributed by atoms with E-state index in [1.165, 1.54) is 69.9 Å². The van der Waals surface area contributed by atoms with E-state index in [1.54, 1.807) is 0 Å². The molecule has 3 rings (SSSR count). The summed E-state index contributed by atoms with van der Waals surface area (Å²) < 4.78 is 11.7. The van der Waals surface area contributed by atoms with Gasteiger partial charge in [-0.3, -0.25) is 0 Å². The molecule has 0 amide bonds. The number of unbranched alkanes of at least 4 members (excludes halogenated alkanes) is 4. The van der Waals surface area contributed by atoms with E-state index in [2.05, 4.69) is 17.4 Å². The molecule has 0 spiro atoms. The van der Waals surface area contributed by atoms with Gasteiger partial charge in [0.15, 0.2) is 0 Å². The normalized spacial score (nSPS) is 14.6. The standard InChI is InChI=1S/C26H37NO2/c1(2-10-20-27-24-14-8-5-9-15-24)3-11-21-28-25-16-18-26(19-17-25)29-22-23-12-6-4-7-13-23/h4,6-7,12-13,16-19,24,27H,1-3,5,8-11,14-15,20-22H2. The lowest BCUT2D eigenvalue weighted by Gasteiger charge is -2.22. The minimum absolute atomic E-state index is 0.594. The van der Waals surface area contributed by atoms with Crippen LogP contribution in [0.4, 0.5) is 0 Å². The molecule has 0 heterocycles. The highest BCUT2D eigenvalue weighted by atomic mass is 16.5. The molecule has 1 fully saturated rings. The number of nitrogens with one attached hydrogen (secondary N) is 1. The highest BCUT2D eigenvalue weighted by Gasteiger charge is 2.11. The first-order valence-corrected chi connectivity index (χ1v) is 11.5. The van der Waals surface area contributed by atoms with Crippen LogP contribution in [0.1, 0.15) is 69.8 Å². The smallest absolute Gasteiger partial charge is 0.120 e. The molecule has 0 unspecified atom stereocenters. The molecule has 0 aromatic heterocycles. The summed E-state index contributed by atoms with van der Waals surface area (Å²) in [5.74, 6) is 1.80. The van der Waals surface area contributed by atoms with Crippen molar-refractivity contribution in [3.63, 3.8) is 0 Å². The molecule has 2 aromatic rings. The fourth-order valence-electron chi connectivity index (χ4n) is 3.93. The zero-order chi connectivity index (χ0) is 20.0. The fraction of sp³-hybridized carbons (Fsp3) is 0.538. The monoisotopic (exact) mass is 395 g/mol. The van der Waals surface area contributed by atoms with Crippen LogP contribution < -0.4 is 14.8 Å². The van der Waals surface area contributed by atoms with Gasteiger partial charge in [0.2, 0.25) is 0 Å². The minimum Gasteiger partial charge on any atom is -0.494 e. The second kappa shape index (κ2) is 13.3. The Labute approximate surface area is 176 Å². The summed E-state index contributed by atoms with van der Waals surface area (Å²) in [5.41, 5.74) is 1.18. The Bertz CT molecular complexity index is 650. The topological polar surface area (TPSA) is 30.5 Å². The SMILES string of the molecule is c1ccc(COc2ccc(OCCCCCCCNC3CCCCC3)cc2)cc1. The average molecular weight is 396 g/mol. The summed E-state index contributed by atoms with van der Waals surface area (Å²) in [6.45, 7) is 2.58. The lowest BCUT2D eigenvalue weighted by Crippen LogP contribution is -2.31. The van der Waals surface area contributed by atoms with Gasteiger partial charge in [-0.25, -0.2) is 0 Å². The van der Waals surface area contributed by atoms with Crippen molar-refractivity contribution in [1.82, 2.24) is 5.32 Å². The number of rotatable bonds is 13. The summed E-state index contributed by atoms with van der Waals surface area (Å²) >= 11 is 0. The molecule has 3 nitrogen and oxygen atoms in total. The molecule has 1 N–H and O–H groups in total. The van der Waals surface area contributed by atoms with Gasteiger partial charge in [-0.15, -0.1) is 0 Å². The predicted octanol–water partition coefficient (Wildman–Crippen LogP) is 6.52. The van der Waals surface area contributed by atoms with Crippen molar-refractivity contribution in [2.45, 2.75) is 76.9 Å². The number of hydrogen-bond acceptors (Lipinski definition) is 3. The first-order chi connectivity index (χ1) is 14.4. The van der Waals surface area contributed by atoms with Gasteiger partial charge in [-0.1, -0.05) is 68.9 Å². The second-order valence-corrected chi connectivity index (χ2v) is 8.15. The van der Waals surface area contributed by atoms with Crippen LogP contribution in [0.2, 0.25) is 0 Å². The summed E-state index contributed by atoms with van der Waals surface area (Å²) in [6, 6.07) is 19.0. The first kappa shape index (κ1) is 21.7. The molecular formula is C26H37NO2. The Hall–Kier alpha value is -2.00. The summed E-state index contributed by atoms with van der Waals surface area (Å²) in [6.07, 6.45) is 13.4. The van der Waals surface area contributed by atoms with E-state index in [4.69, 9.17) is 9.47 Å². The molecule has 1 aliphatic carbocycles. The third-order valence-electron chi connectivity index (χ3n) is 5.70. The molecular weight excluding hydrogens is 358 g/mol. The molecule has 3 heteroatoms. The molecule has 0 radical (unpaired) electrons. The lowest BCUT2D eigenvalue weighted by molar-refractivity contribution is 0.296. The number of benzene rings is 2. The highest BCUT2D eigenvalue weighted by Crippen LogP contribution is 2.19. The maximum absolute atomic E-state index is 5.86.